The van der Waals surface area contributed by atoms with Gasteiger partial charge in [0.15, 0.2) is 0 Å². The maximum Gasteiger partial charge on any atom is 0.0920 e. The highest BCUT2D eigenvalue weighted by Gasteiger charge is 2.57. The SMILES string of the molecule is ClC12c3ccccc3C1CCCC2N1CCOCC1. The summed E-state index contributed by atoms with van der Waals surface area (Å²) in [6.45, 7) is 3.79. The molecule has 19 heavy (non-hydrogen) atoms. The number of hydrogen-bond donors (Lipinski definition) is 0. The molecule has 2 aliphatic carbocycles. The number of hydrogen-bond acceptors (Lipinski definition) is 2. The average Bonchev–Trinajstić information content (AvgIpc) is 2.47. The molecule has 102 valence electrons. The molecule has 1 saturated heterocycles. The summed E-state index contributed by atoms with van der Waals surface area (Å²) in [7, 11) is 0. The van der Waals surface area contributed by atoms with Gasteiger partial charge in [-0.15, -0.1) is 11.6 Å². The highest BCUT2D eigenvalue weighted by atomic mass is 35.5. The number of morpholine rings is 1. The van der Waals surface area contributed by atoms with Crippen molar-refractivity contribution < 1.29 is 4.74 Å². The van der Waals surface area contributed by atoms with E-state index in [2.05, 4.69) is 29.2 Å². The number of rotatable bonds is 1. The second-order valence-electron chi connectivity index (χ2n) is 6.00. The van der Waals surface area contributed by atoms with Gasteiger partial charge in [-0.05, 0) is 24.0 Å². The monoisotopic (exact) mass is 277 g/mol. The van der Waals surface area contributed by atoms with E-state index in [1.807, 2.05) is 0 Å². The molecule has 2 nitrogen and oxygen atoms in total. The molecule has 1 aliphatic heterocycles. The number of fused-ring (bicyclic) bond motifs is 4. The van der Waals surface area contributed by atoms with Gasteiger partial charge in [-0.1, -0.05) is 30.7 Å². The lowest BCUT2D eigenvalue weighted by molar-refractivity contribution is -0.0110. The molecule has 0 N–H and O–H groups in total. The topological polar surface area (TPSA) is 12.5 Å². The van der Waals surface area contributed by atoms with Crippen LogP contribution in [0.4, 0.5) is 0 Å². The molecule has 0 amide bonds. The molecule has 1 aromatic carbocycles. The van der Waals surface area contributed by atoms with Gasteiger partial charge in [-0.25, -0.2) is 0 Å². The van der Waals surface area contributed by atoms with Gasteiger partial charge in [0.25, 0.3) is 0 Å². The summed E-state index contributed by atoms with van der Waals surface area (Å²) in [5, 5.41) is 0. The number of ether oxygens (including phenoxy) is 1. The lowest BCUT2D eigenvalue weighted by atomic mass is 9.58. The summed E-state index contributed by atoms with van der Waals surface area (Å²) >= 11 is 7.16. The summed E-state index contributed by atoms with van der Waals surface area (Å²) in [5.74, 6) is 0.562. The van der Waals surface area contributed by atoms with Gasteiger partial charge in [0.05, 0.1) is 18.1 Å². The molecular formula is C16H20ClNO. The van der Waals surface area contributed by atoms with Crippen LogP contribution >= 0.6 is 11.6 Å². The van der Waals surface area contributed by atoms with E-state index < -0.39 is 0 Å². The van der Waals surface area contributed by atoms with Crippen LogP contribution in [0.2, 0.25) is 0 Å². The van der Waals surface area contributed by atoms with E-state index in [1.54, 1.807) is 0 Å². The molecule has 0 radical (unpaired) electrons. The minimum Gasteiger partial charge on any atom is -0.379 e. The van der Waals surface area contributed by atoms with Crippen LogP contribution in [0.15, 0.2) is 24.3 Å². The first kappa shape index (κ1) is 12.2. The van der Waals surface area contributed by atoms with Gasteiger partial charge >= 0.3 is 0 Å². The third kappa shape index (κ3) is 1.63. The summed E-state index contributed by atoms with van der Waals surface area (Å²) in [6, 6.07) is 9.27. The Hall–Kier alpha value is -0.570. The predicted octanol–water partition coefficient (Wildman–Crippen LogP) is 3.10. The van der Waals surface area contributed by atoms with Crippen LogP contribution in [0.1, 0.15) is 36.3 Å². The van der Waals surface area contributed by atoms with Crippen LogP contribution < -0.4 is 0 Å². The van der Waals surface area contributed by atoms with Crippen molar-refractivity contribution in [1.82, 2.24) is 4.90 Å². The molecule has 4 rings (SSSR count). The molecule has 3 unspecified atom stereocenters. The minimum absolute atomic E-state index is 0.133. The molecule has 0 bridgehead atoms. The third-order valence-corrected chi connectivity index (χ3v) is 5.92. The first-order valence-electron chi connectivity index (χ1n) is 7.42. The highest BCUT2D eigenvalue weighted by Crippen LogP contribution is 2.62. The fraction of sp³-hybridized carbons (Fsp3) is 0.625. The molecule has 1 heterocycles. The average molecular weight is 278 g/mol. The molecule has 0 aromatic heterocycles. The molecule has 2 fully saturated rings. The van der Waals surface area contributed by atoms with Gasteiger partial charge in [-0.2, -0.15) is 0 Å². The Labute approximate surface area is 119 Å². The summed E-state index contributed by atoms with van der Waals surface area (Å²) in [4.78, 5) is 2.44. The van der Waals surface area contributed by atoms with Crippen LogP contribution in [-0.2, 0) is 9.61 Å². The summed E-state index contributed by atoms with van der Waals surface area (Å²) in [5.41, 5.74) is 2.88. The lowest BCUT2D eigenvalue weighted by Gasteiger charge is -2.57. The van der Waals surface area contributed by atoms with E-state index in [0.717, 1.165) is 26.3 Å². The quantitative estimate of drug-likeness (QED) is 0.732. The minimum atomic E-state index is -0.133. The second-order valence-corrected chi connectivity index (χ2v) is 6.63. The Morgan fingerprint density at radius 2 is 1.95 bits per heavy atom. The lowest BCUT2D eigenvalue weighted by Crippen LogP contribution is -2.59. The van der Waals surface area contributed by atoms with Crippen molar-refractivity contribution in [2.24, 2.45) is 0 Å². The van der Waals surface area contributed by atoms with E-state index in [-0.39, 0.29) is 4.87 Å². The van der Waals surface area contributed by atoms with E-state index in [0.29, 0.717) is 12.0 Å². The number of benzene rings is 1. The number of alkyl halides is 1. The first-order valence-corrected chi connectivity index (χ1v) is 7.79. The molecule has 3 aliphatic rings. The van der Waals surface area contributed by atoms with Crippen LogP contribution in [0, 0.1) is 0 Å². The molecule has 1 aromatic rings. The third-order valence-electron chi connectivity index (χ3n) is 5.20. The normalized spacial score (nSPS) is 38.2. The number of nitrogens with zero attached hydrogens (tertiary/aromatic N) is 1. The fourth-order valence-electron chi connectivity index (χ4n) is 4.33. The Morgan fingerprint density at radius 3 is 2.79 bits per heavy atom. The molecule has 1 saturated carbocycles. The summed E-state index contributed by atoms with van der Waals surface area (Å²) < 4.78 is 5.49. The zero-order valence-corrected chi connectivity index (χ0v) is 11.9. The Bertz CT molecular complexity index is 485. The van der Waals surface area contributed by atoms with E-state index in [4.69, 9.17) is 16.3 Å². The van der Waals surface area contributed by atoms with E-state index >= 15 is 0 Å². The van der Waals surface area contributed by atoms with Gasteiger partial charge in [0, 0.05) is 25.0 Å². The molecule has 3 atom stereocenters. The van der Waals surface area contributed by atoms with Crippen LogP contribution in [0.3, 0.4) is 0 Å². The van der Waals surface area contributed by atoms with Crippen molar-refractivity contribution >= 4 is 11.6 Å². The first-order chi connectivity index (χ1) is 9.32. The van der Waals surface area contributed by atoms with Crippen molar-refractivity contribution in [3.05, 3.63) is 35.4 Å². The van der Waals surface area contributed by atoms with Gasteiger partial charge in [0.2, 0.25) is 0 Å². The van der Waals surface area contributed by atoms with Crippen LogP contribution in [0.5, 0.6) is 0 Å². The maximum atomic E-state index is 7.16. The largest absolute Gasteiger partial charge is 0.379 e. The number of halogens is 1. The molecule has 0 spiro atoms. The smallest absolute Gasteiger partial charge is 0.0920 e. The fourth-order valence-corrected chi connectivity index (χ4v) is 4.97. The Morgan fingerprint density at radius 1 is 1.16 bits per heavy atom. The van der Waals surface area contributed by atoms with Crippen molar-refractivity contribution in [3.63, 3.8) is 0 Å². The highest BCUT2D eigenvalue weighted by molar-refractivity contribution is 6.26. The Kier molecular flexibility index (Phi) is 2.87. The zero-order chi connectivity index (χ0) is 12.9. The van der Waals surface area contributed by atoms with Crippen molar-refractivity contribution in [3.8, 4) is 0 Å². The predicted molar refractivity (Wildman–Crippen MR) is 76.7 cm³/mol. The van der Waals surface area contributed by atoms with Crippen molar-refractivity contribution in [2.45, 2.75) is 36.1 Å². The van der Waals surface area contributed by atoms with Crippen molar-refractivity contribution in [1.29, 1.82) is 0 Å². The Balaban J connectivity index is 1.70. The van der Waals surface area contributed by atoms with E-state index in [1.165, 1.54) is 30.4 Å². The van der Waals surface area contributed by atoms with E-state index in [9.17, 15) is 0 Å². The standard InChI is InChI=1S/C16H20ClNO/c17-16-13-5-2-1-4-12(13)14(16)6-3-7-15(16)18-8-10-19-11-9-18/h1-2,4-5,14-15H,3,6-11H2. The van der Waals surface area contributed by atoms with Crippen LogP contribution in [-0.4, -0.2) is 37.2 Å². The second kappa shape index (κ2) is 4.47. The summed E-state index contributed by atoms with van der Waals surface area (Å²) in [6.07, 6.45) is 3.78. The van der Waals surface area contributed by atoms with Gasteiger partial charge < -0.3 is 4.74 Å². The zero-order valence-electron chi connectivity index (χ0n) is 11.1. The molecule has 3 heteroatoms. The van der Waals surface area contributed by atoms with Gasteiger partial charge in [0.1, 0.15) is 0 Å². The van der Waals surface area contributed by atoms with Crippen LogP contribution in [0.25, 0.3) is 0 Å². The van der Waals surface area contributed by atoms with Gasteiger partial charge in [-0.3, -0.25) is 4.90 Å². The molecular weight excluding hydrogens is 258 g/mol. The maximum absolute atomic E-state index is 7.16. The van der Waals surface area contributed by atoms with Crippen molar-refractivity contribution in [2.75, 3.05) is 26.3 Å².